The van der Waals surface area contributed by atoms with Crippen molar-refractivity contribution in [2.75, 3.05) is 55.6 Å². The van der Waals surface area contributed by atoms with E-state index in [2.05, 4.69) is 35.1 Å². The number of rotatable bonds is 6. The molecule has 3 saturated heterocycles. The molecule has 3 aliphatic rings. The molecule has 0 bridgehead atoms. The zero-order valence-electron chi connectivity index (χ0n) is 22.7. The Morgan fingerprint density at radius 3 is 2.34 bits per heavy atom. The predicted molar refractivity (Wildman–Crippen MR) is 152 cm³/mol. The van der Waals surface area contributed by atoms with Crippen molar-refractivity contribution in [1.82, 2.24) is 30.0 Å². The molecule has 0 radical (unpaired) electrons. The lowest BCUT2D eigenvalue weighted by Gasteiger charge is -2.39. The SMILES string of the molecule is NC(=O)c1cnc(N2CCC(CN3CCN(c4ccc5c(=O)n([C@@H]6CCC(=O)NC6=O)ncc5c4)CC3)CC2)nc1. The Morgan fingerprint density at radius 2 is 1.66 bits per heavy atom. The van der Waals surface area contributed by atoms with E-state index in [0.29, 0.717) is 22.8 Å². The molecule has 13 nitrogen and oxygen atoms in total. The van der Waals surface area contributed by atoms with Crippen LogP contribution in [-0.4, -0.2) is 88.2 Å². The number of benzene rings is 1. The topological polar surface area (TPSA) is 160 Å². The van der Waals surface area contributed by atoms with Crippen molar-refractivity contribution >= 4 is 40.1 Å². The van der Waals surface area contributed by atoms with E-state index >= 15 is 0 Å². The predicted octanol–water partition coefficient (Wildman–Crippen LogP) is 0.302. The van der Waals surface area contributed by atoms with Gasteiger partial charge in [0, 0.05) is 75.7 Å². The van der Waals surface area contributed by atoms with E-state index < -0.39 is 17.9 Å². The van der Waals surface area contributed by atoms with E-state index in [4.69, 9.17) is 5.73 Å². The molecule has 2 aromatic heterocycles. The first-order chi connectivity index (χ1) is 19.9. The number of primary amides is 1. The molecule has 214 valence electrons. The summed E-state index contributed by atoms with van der Waals surface area (Å²) in [4.78, 5) is 63.7. The number of piperidine rings is 2. The summed E-state index contributed by atoms with van der Waals surface area (Å²) in [7, 11) is 0. The van der Waals surface area contributed by atoms with Crippen LogP contribution in [0.1, 0.15) is 42.1 Å². The lowest BCUT2D eigenvalue weighted by molar-refractivity contribution is -0.136. The van der Waals surface area contributed by atoms with Gasteiger partial charge in [0.15, 0.2) is 0 Å². The van der Waals surface area contributed by atoms with Gasteiger partial charge in [-0.3, -0.25) is 29.4 Å². The Morgan fingerprint density at radius 1 is 0.927 bits per heavy atom. The van der Waals surface area contributed by atoms with Crippen molar-refractivity contribution in [2.24, 2.45) is 11.7 Å². The fraction of sp³-hybridized carbons (Fsp3) is 0.464. The molecular weight excluding hydrogens is 526 g/mol. The first-order valence-electron chi connectivity index (χ1n) is 14.0. The van der Waals surface area contributed by atoms with E-state index in [9.17, 15) is 19.2 Å². The van der Waals surface area contributed by atoms with Gasteiger partial charge in [-0.05, 0) is 43.4 Å². The summed E-state index contributed by atoms with van der Waals surface area (Å²) in [6, 6.07) is 4.99. The fourth-order valence-electron chi connectivity index (χ4n) is 5.97. The molecule has 1 aromatic carbocycles. The number of nitrogens with zero attached hydrogens (tertiary/aromatic N) is 7. The van der Waals surface area contributed by atoms with E-state index in [1.54, 1.807) is 6.20 Å². The number of nitrogens with two attached hydrogens (primary N) is 1. The smallest absolute Gasteiger partial charge is 0.275 e. The summed E-state index contributed by atoms with van der Waals surface area (Å²) in [6.07, 6.45) is 7.19. The number of anilines is 2. The van der Waals surface area contributed by atoms with Crippen molar-refractivity contribution < 1.29 is 14.4 Å². The molecule has 3 aromatic rings. The molecule has 13 heteroatoms. The molecule has 41 heavy (non-hydrogen) atoms. The number of carbonyl (C=O) groups is 3. The third-order valence-electron chi connectivity index (χ3n) is 8.37. The maximum atomic E-state index is 13.1. The Bertz CT molecular complexity index is 1520. The average Bonchev–Trinajstić information content (AvgIpc) is 2.98. The largest absolute Gasteiger partial charge is 0.369 e. The first kappa shape index (κ1) is 26.8. The number of piperazine rings is 1. The standard InChI is InChI=1S/C28H33N9O4/c29-25(39)20-14-30-28(31-15-20)36-7-5-18(6-8-36)17-34-9-11-35(12-10-34)21-1-2-22-19(13-21)16-32-37(27(22)41)23-3-4-24(38)33-26(23)40/h1-2,13-16,18,23H,3-12,17H2,(H2,29,39)(H,33,38,40)/t23-/m1/s1. The Labute approximate surface area is 236 Å². The quantitative estimate of drug-likeness (QED) is 0.402. The van der Waals surface area contributed by atoms with Gasteiger partial charge < -0.3 is 15.5 Å². The minimum atomic E-state index is -0.771. The van der Waals surface area contributed by atoms with Gasteiger partial charge in [-0.15, -0.1) is 0 Å². The van der Waals surface area contributed by atoms with Crippen molar-refractivity contribution in [1.29, 1.82) is 0 Å². The average molecular weight is 560 g/mol. The molecule has 5 heterocycles. The second-order valence-electron chi connectivity index (χ2n) is 11.0. The minimum Gasteiger partial charge on any atom is -0.369 e. The second-order valence-corrected chi connectivity index (χ2v) is 11.0. The molecule has 1 atom stereocenters. The van der Waals surface area contributed by atoms with Crippen LogP contribution in [0.15, 0.2) is 41.6 Å². The molecule has 0 spiro atoms. The number of hydrogen-bond donors (Lipinski definition) is 2. The Balaban J connectivity index is 1.02. The first-order valence-corrected chi connectivity index (χ1v) is 14.0. The fourth-order valence-corrected chi connectivity index (χ4v) is 5.97. The number of imide groups is 1. The molecule has 3 N–H and O–H groups in total. The van der Waals surface area contributed by atoms with Crippen LogP contribution >= 0.6 is 0 Å². The molecule has 3 fully saturated rings. The number of aromatic nitrogens is 4. The van der Waals surface area contributed by atoms with Crippen molar-refractivity contribution in [3.63, 3.8) is 0 Å². The summed E-state index contributed by atoms with van der Waals surface area (Å²) in [5.41, 5.74) is 6.32. The van der Waals surface area contributed by atoms with Gasteiger partial charge in [-0.1, -0.05) is 0 Å². The highest BCUT2D eigenvalue weighted by Crippen LogP contribution is 2.25. The Hall–Kier alpha value is -4.39. The zero-order chi connectivity index (χ0) is 28.5. The number of amides is 3. The van der Waals surface area contributed by atoms with Crippen LogP contribution in [0.25, 0.3) is 10.8 Å². The lowest BCUT2D eigenvalue weighted by Crippen LogP contribution is -2.49. The summed E-state index contributed by atoms with van der Waals surface area (Å²) < 4.78 is 1.19. The van der Waals surface area contributed by atoms with Crippen molar-refractivity contribution in [2.45, 2.75) is 31.7 Å². The van der Waals surface area contributed by atoms with Gasteiger partial charge in [0.05, 0.1) is 17.1 Å². The van der Waals surface area contributed by atoms with Crippen LogP contribution in [0.5, 0.6) is 0 Å². The third-order valence-corrected chi connectivity index (χ3v) is 8.37. The van der Waals surface area contributed by atoms with Crippen LogP contribution < -0.4 is 26.4 Å². The minimum absolute atomic E-state index is 0.190. The normalized spacial score (nSPS) is 20.8. The van der Waals surface area contributed by atoms with E-state index in [0.717, 1.165) is 69.7 Å². The molecule has 0 aliphatic carbocycles. The van der Waals surface area contributed by atoms with E-state index in [1.807, 2.05) is 18.2 Å². The molecular formula is C28H33N9O4. The zero-order valence-corrected chi connectivity index (χ0v) is 22.7. The number of fused-ring (bicyclic) bond motifs is 1. The summed E-state index contributed by atoms with van der Waals surface area (Å²) >= 11 is 0. The number of hydrogen-bond acceptors (Lipinski definition) is 10. The molecule has 3 amide bonds. The second kappa shape index (κ2) is 11.2. The summed E-state index contributed by atoms with van der Waals surface area (Å²) in [5, 5.41) is 7.81. The summed E-state index contributed by atoms with van der Waals surface area (Å²) in [5.74, 6) is -0.0794. The maximum Gasteiger partial charge on any atom is 0.275 e. The maximum absolute atomic E-state index is 13.1. The highest BCUT2D eigenvalue weighted by Gasteiger charge is 2.30. The highest BCUT2D eigenvalue weighted by atomic mass is 16.2. The van der Waals surface area contributed by atoms with E-state index in [1.165, 1.54) is 17.1 Å². The number of nitrogens with one attached hydrogen (secondary N) is 1. The Kier molecular flexibility index (Phi) is 7.35. The van der Waals surface area contributed by atoms with Crippen LogP contribution in [0.4, 0.5) is 11.6 Å². The van der Waals surface area contributed by atoms with Gasteiger partial charge in [-0.25, -0.2) is 14.6 Å². The monoisotopic (exact) mass is 559 g/mol. The van der Waals surface area contributed by atoms with Crippen molar-refractivity contribution in [3.05, 3.63) is 52.7 Å². The molecule has 3 aliphatic heterocycles. The van der Waals surface area contributed by atoms with Gasteiger partial charge in [-0.2, -0.15) is 5.10 Å². The van der Waals surface area contributed by atoms with E-state index in [-0.39, 0.29) is 24.3 Å². The van der Waals surface area contributed by atoms with Gasteiger partial charge >= 0.3 is 0 Å². The molecule has 0 saturated carbocycles. The van der Waals surface area contributed by atoms with Crippen LogP contribution in [0.3, 0.4) is 0 Å². The van der Waals surface area contributed by atoms with Gasteiger partial charge in [0.1, 0.15) is 6.04 Å². The van der Waals surface area contributed by atoms with Gasteiger partial charge in [0.25, 0.3) is 17.4 Å². The van der Waals surface area contributed by atoms with Crippen LogP contribution in [-0.2, 0) is 9.59 Å². The molecule has 0 unspecified atom stereocenters. The lowest BCUT2D eigenvalue weighted by atomic mass is 9.96. The van der Waals surface area contributed by atoms with Gasteiger partial charge in [0.2, 0.25) is 11.9 Å². The highest BCUT2D eigenvalue weighted by molar-refractivity contribution is 5.99. The van der Waals surface area contributed by atoms with Crippen LogP contribution in [0.2, 0.25) is 0 Å². The third kappa shape index (κ3) is 5.62. The van der Waals surface area contributed by atoms with Crippen molar-refractivity contribution in [3.8, 4) is 0 Å². The molecule has 6 rings (SSSR count). The van der Waals surface area contributed by atoms with Crippen LogP contribution in [0, 0.1) is 5.92 Å². The summed E-state index contributed by atoms with van der Waals surface area (Å²) in [6.45, 7) is 6.55. The number of carbonyl (C=O) groups excluding carboxylic acids is 3.